The molecular formula is C23H18N4. The fourth-order valence-corrected chi connectivity index (χ4v) is 4.35. The van der Waals surface area contributed by atoms with E-state index < -0.39 is 0 Å². The minimum Gasteiger partial charge on any atom is -0.339 e. The lowest BCUT2D eigenvalue weighted by Crippen LogP contribution is -2.07. The normalized spacial score (nSPS) is 12.0. The van der Waals surface area contributed by atoms with Gasteiger partial charge in [-0.15, -0.1) is 0 Å². The molecule has 4 heteroatoms. The first-order valence-electron chi connectivity index (χ1n) is 9.28. The smallest absolute Gasteiger partial charge is 0.214 e. The molecule has 130 valence electrons. The first-order chi connectivity index (χ1) is 13.4. The van der Waals surface area contributed by atoms with E-state index >= 15 is 0 Å². The molecule has 0 amide bonds. The monoisotopic (exact) mass is 350 g/mol. The molecule has 0 bridgehead atoms. The van der Waals surface area contributed by atoms with E-state index in [0.29, 0.717) is 0 Å². The van der Waals surface area contributed by atoms with Gasteiger partial charge in [-0.2, -0.15) is 0 Å². The average Bonchev–Trinajstić information content (AvgIpc) is 3.39. The number of aromatic nitrogens is 4. The van der Waals surface area contributed by atoms with Crippen molar-refractivity contribution < 1.29 is 0 Å². The Morgan fingerprint density at radius 2 is 1.15 bits per heavy atom. The fourth-order valence-electron chi connectivity index (χ4n) is 4.35. The van der Waals surface area contributed by atoms with Gasteiger partial charge in [-0.3, -0.25) is 4.40 Å². The van der Waals surface area contributed by atoms with Gasteiger partial charge in [0.25, 0.3) is 0 Å². The highest BCUT2D eigenvalue weighted by Gasteiger charge is 2.13. The second kappa shape index (κ2) is 5.48. The topological polar surface area (TPSA) is 27.2 Å². The summed E-state index contributed by atoms with van der Waals surface area (Å²) in [4.78, 5) is 4.60. The molecule has 6 aromatic rings. The molecule has 0 saturated carbocycles. The van der Waals surface area contributed by atoms with E-state index in [2.05, 4.69) is 91.3 Å². The summed E-state index contributed by atoms with van der Waals surface area (Å²) >= 11 is 0. The van der Waals surface area contributed by atoms with Crippen LogP contribution in [0.5, 0.6) is 0 Å². The van der Waals surface area contributed by atoms with E-state index in [4.69, 9.17) is 0 Å². The van der Waals surface area contributed by atoms with Gasteiger partial charge in [0.05, 0.1) is 11.0 Å². The van der Waals surface area contributed by atoms with E-state index in [1.807, 2.05) is 12.4 Å². The third-order valence-electron chi connectivity index (χ3n) is 5.52. The zero-order chi connectivity index (χ0) is 17.8. The number of benzene rings is 3. The third kappa shape index (κ3) is 2.01. The van der Waals surface area contributed by atoms with Crippen LogP contribution >= 0.6 is 0 Å². The number of fused-ring (bicyclic) bond motifs is 6. The summed E-state index contributed by atoms with van der Waals surface area (Å²) in [5.41, 5.74) is 5.00. The number of hydrogen-bond donors (Lipinski definition) is 0. The molecule has 0 aliphatic heterocycles. The number of aryl methyl sites for hydroxylation is 2. The second-order valence-corrected chi connectivity index (χ2v) is 6.92. The lowest BCUT2D eigenvalue weighted by atomic mass is 10.2. The Morgan fingerprint density at radius 1 is 0.593 bits per heavy atom. The molecule has 3 aromatic carbocycles. The molecule has 0 N–H and O–H groups in total. The Bertz CT molecular complexity index is 1380. The molecule has 3 heterocycles. The zero-order valence-electron chi connectivity index (χ0n) is 14.8. The Labute approximate surface area is 155 Å². The first kappa shape index (κ1) is 14.6. The number of para-hydroxylation sites is 4. The Morgan fingerprint density at radius 3 is 1.85 bits per heavy atom. The average molecular weight is 350 g/mol. The van der Waals surface area contributed by atoms with Gasteiger partial charge in [-0.1, -0.05) is 48.5 Å². The van der Waals surface area contributed by atoms with Crippen LogP contribution in [0.25, 0.3) is 38.6 Å². The van der Waals surface area contributed by atoms with Crippen LogP contribution in [0.15, 0.2) is 85.2 Å². The van der Waals surface area contributed by atoms with Crippen LogP contribution in [0, 0.1) is 0 Å². The summed E-state index contributed by atoms with van der Waals surface area (Å²) in [5, 5.41) is 2.63. The highest BCUT2D eigenvalue weighted by atomic mass is 15.2. The first-order valence-corrected chi connectivity index (χ1v) is 9.28. The van der Waals surface area contributed by atoms with Crippen LogP contribution in [0.3, 0.4) is 0 Å². The van der Waals surface area contributed by atoms with Crippen LogP contribution in [0.1, 0.15) is 0 Å². The lowest BCUT2D eigenvalue weighted by molar-refractivity contribution is 0.625. The highest BCUT2D eigenvalue weighted by molar-refractivity contribution is 6.07. The zero-order valence-corrected chi connectivity index (χ0v) is 14.8. The number of nitrogens with zero attached hydrogens (tertiary/aromatic N) is 4. The van der Waals surface area contributed by atoms with Crippen LogP contribution in [-0.4, -0.2) is 18.5 Å². The summed E-state index contributed by atoms with van der Waals surface area (Å²) in [6.45, 7) is 1.77. The quantitative estimate of drug-likeness (QED) is 0.436. The van der Waals surface area contributed by atoms with Gasteiger partial charge in [0.15, 0.2) is 0 Å². The summed E-state index contributed by atoms with van der Waals surface area (Å²) in [5.74, 6) is 0.997. The molecule has 3 aromatic heterocycles. The van der Waals surface area contributed by atoms with Gasteiger partial charge in [0, 0.05) is 47.3 Å². The van der Waals surface area contributed by atoms with Crippen molar-refractivity contribution in [3.05, 3.63) is 85.2 Å². The van der Waals surface area contributed by atoms with Crippen LogP contribution in [0.4, 0.5) is 0 Å². The molecule has 0 spiro atoms. The maximum Gasteiger partial charge on any atom is 0.214 e. The number of hydrogen-bond acceptors (Lipinski definition) is 1. The van der Waals surface area contributed by atoms with Crippen molar-refractivity contribution in [2.75, 3.05) is 0 Å². The van der Waals surface area contributed by atoms with E-state index in [0.717, 1.165) is 18.9 Å². The molecule has 0 atom stereocenters. The number of rotatable bonds is 3. The molecule has 0 radical (unpaired) electrons. The van der Waals surface area contributed by atoms with Gasteiger partial charge in [0.2, 0.25) is 5.78 Å². The van der Waals surface area contributed by atoms with Crippen LogP contribution in [-0.2, 0) is 13.1 Å². The molecule has 0 fully saturated rings. The Balaban J connectivity index is 1.53. The van der Waals surface area contributed by atoms with E-state index in [9.17, 15) is 0 Å². The van der Waals surface area contributed by atoms with Gasteiger partial charge < -0.3 is 9.13 Å². The Hall–Kier alpha value is -3.53. The third-order valence-corrected chi connectivity index (χ3v) is 5.52. The standard InChI is InChI=1S/C23H18N4/c1-3-9-19-17(7-1)18-8-2-4-10-20(18)25(19)15-16-27-22-12-6-5-11-21(22)26-14-13-24-23(26)27/h1-14H,15-16H2. The molecular weight excluding hydrogens is 332 g/mol. The van der Waals surface area contributed by atoms with E-state index in [1.54, 1.807) is 0 Å². The van der Waals surface area contributed by atoms with E-state index in [1.165, 1.54) is 32.8 Å². The molecule has 0 aliphatic rings. The predicted molar refractivity (Wildman–Crippen MR) is 110 cm³/mol. The number of imidazole rings is 2. The SMILES string of the molecule is c1ccc2c(c1)c1ccccc1n2CCn1c2ccccc2n2ccnc12. The van der Waals surface area contributed by atoms with Crippen molar-refractivity contribution in [2.24, 2.45) is 0 Å². The lowest BCUT2D eigenvalue weighted by Gasteiger charge is -2.09. The summed E-state index contributed by atoms with van der Waals surface area (Å²) < 4.78 is 6.92. The molecule has 0 saturated heterocycles. The second-order valence-electron chi connectivity index (χ2n) is 6.92. The molecule has 4 nitrogen and oxygen atoms in total. The molecule has 0 aliphatic carbocycles. The Kier molecular flexibility index (Phi) is 2.97. The van der Waals surface area contributed by atoms with Gasteiger partial charge in [0.1, 0.15) is 0 Å². The van der Waals surface area contributed by atoms with Crippen molar-refractivity contribution >= 4 is 38.6 Å². The molecule has 27 heavy (non-hydrogen) atoms. The fraction of sp³-hybridized carbons (Fsp3) is 0.0870. The van der Waals surface area contributed by atoms with Gasteiger partial charge >= 0.3 is 0 Å². The summed E-state index contributed by atoms with van der Waals surface area (Å²) in [6.07, 6.45) is 3.91. The van der Waals surface area contributed by atoms with Crippen LogP contribution in [0.2, 0.25) is 0 Å². The maximum absolute atomic E-state index is 4.60. The van der Waals surface area contributed by atoms with Crippen molar-refractivity contribution in [2.45, 2.75) is 13.1 Å². The minimum atomic E-state index is 0.872. The van der Waals surface area contributed by atoms with Gasteiger partial charge in [-0.25, -0.2) is 4.98 Å². The predicted octanol–water partition coefficient (Wildman–Crippen LogP) is 5.10. The van der Waals surface area contributed by atoms with Crippen molar-refractivity contribution in [3.63, 3.8) is 0 Å². The van der Waals surface area contributed by atoms with Crippen molar-refractivity contribution in [1.29, 1.82) is 0 Å². The highest BCUT2D eigenvalue weighted by Crippen LogP contribution is 2.29. The summed E-state index contributed by atoms with van der Waals surface area (Å²) in [7, 11) is 0. The van der Waals surface area contributed by atoms with E-state index in [-0.39, 0.29) is 0 Å². The van der Waals surface area contributed by atoms with Crippen molar-refractivity contribution in [1.82, 2.24) is 18.5 Å². The van der Waals surface area contributed by atoms with Gasteiger partial charge in [-0.05, 0) is 24.3 Å². The molecule has 0 unspecified atom stereocenters. The maximum atomic E-state index is 4.60. The van der Waals surface area contributed by atoms with Crippen molar-refractivity contribution in [3.8, 4) is 0 Å². The molecule has 6 rings (SSSR count). The van der Waals surface area contributed by atoms with Crippen LogP contribution < -0.4 is 0 Å². The largest absolute Gasteiger partial charge is 0.339 e. The minimum absolute atomic E-state index is 0.872. The summed E-state index contributed by atoms with van der Waals surface area (Å²) in [6, 6.07) is 25.8.